The van der Waals surface area contributed by atoms with Crippen molar-refractivity contribution in [2.75, 3.05) is 7.05 Å². The Bertz CT molecular complexity index is 220. The topological polar surface area (TPSA) is 29.5 Å². The molecule has 3 heteroatoms. The Hall–Kier alpha value is -0.990. The fourth-order valence-electron chi connectivity index (χ4n) is 1.01. The molecule has 62 valence electrons. The molecule has 0 N–H and O–H groups in total. The van der Waals surface area contributed by atoms with Gasteiger partial charge in [-0.3, -0.25) is 0 Å². The highest BCUT2D eigenvalue weighted by atomic mass is 16.6. The number of ether oxygens (including phenoxy) is 1. The summed E-state index contributed by atoms with van der Waals surface area (Å²) in [6.07, 6.45) is -0.133. The van der Waals surface area contributed by atoms with Gasteiger partial charge in [-0.1, -0.05) is 0 Å². The molecule has 1 aliphatic rings. The first-order valence-electron chi connectivity index (χ1n) is 3.65. The number of carbonyl (C=O) groups excluding carboxylic acids is 1. The number of allylic oxidation sites excluding steroid dienone is 1. The number of nitrogens with zero attached hydrogens (tertiary/aromatic N) is 1. The first-order valence-corrected chi connectivity index (χ1v) is 3.65. The first-order chi connectivity index (χ1) is 5.04. The number of carbonyl (C=O) groups is 1. The summed E-state index contributed by atoms with van der Waals surface area (Å²) >= 11 is 0. The molecule has 0 saturated carbocycles. The molecular formula is C8H13NO2. The summed E-state index contributed by atoms with van der Waals surface area (Å²) in [4.78, 5) is 13.0. The zero-order valence-corrected chi connectivity index (χ0v) is 7.34. The van der Waals surface area contributed by atoms with E-state index in [1.165, 1.54) is 0 Å². The Morgan fingerprint density at radius 1 is 1.45 bits per heavy atom. The van der Waals surface area contributed by atoms with Crippen LogP contribution in [-0.4, -0.2) is 24.1 Å². The second kappa shape index (κ2) is 2.57. The molecule has 1 heterocycles. The molecular weight excluding hydrogens is 142 g/mol. The van der Waals surface area contributed by atoms with E-state index < -0.39 is 0 Å². The molecule has 0 aliphatic carbocycles. The molecule has 0 bridgehead atoms. The maximum atomic E-state index is 11.1. The van der Waals surface area contributed by atoms with Gasteiger partial charge in [0, 0.05) is 12.7 Å². The molecule has 0 spiro atoms. The molecule has 0 fully saturated rings. The molecule has 1 rings (SSSR count). The van der Waals surface area contributed by atoms with E-state index in [2.05, 4.69) is 0 Å². The van der Waals surface area contributed by atoms with E-state index in [0.717, 1.165) is 5.70 Å². The second-order valence-corrected chi connectivity index (χ2v) is 2.83. The molecule has 0 aromatic heterocycles. The van der Waals surface area contributed by atoms with Crippen molar-refractivity contribution in [3.63, 3.8) is 0 Å². The Balaban J connectivity index is 2.98. The molecule has 0 radical (unpaired) electrons. The number of esters is 1. The van der Waals surface area contributed by atoms with Crippen molar-refractivity contribution < 1.29 is 9.53 Å². The normalized spacial score (nSPS) is 25.6. The van der Waals surface area contributed by atoms with Crippen molar-refractivity contribution in [3.8, 4) is 0 Å². The fraction of sp³-hybridized carbons (Fsp3) is 0.625. The highest BCUT2D eigenvalue weighted by Gasteiger charge is 2.24. The summed E-state index contributed by atoms with van der Waals surface area (Å²) in [6, 6.07) is 0. The lowest BCUT2D eigenvalue weighted by atomic mass is 10.2. The van der Waals surface area contributed by atoms with Crippen LogP contribution in [0.2, 0.25) is 0 Å². The molecule has 11 heavy (non-hydrogen) atoms. The van der Waals surface area contributed by atoms with E-state index in [-0.39, 0.29) is 12.2 Å². The molecule has 0 saturated heterocycles. The van der Waals surface area contributed by atoms with Gasteiger partial charge in [0.1, 0.15) is 0 Å². The van der Waals surface area contributed by atoms with E-state index in [0.29, 0.717) is 5.57 Å². The third-order valence-corrected chi connectivity index (χ3v) is 2.20. The summed E-state index contributed by atoms with van der Waals surface area (Å²) in [5.41, 5.74) is 1.69. The second-order valence-electron chi connectivity index (χ2n) is 2.83. The lowest BCUT2D eigenvalue weighted by Gasteiger charge is -2.32. The van der Waals surface area contributed by atoms with Gasteiger partial charge in [0.15, 0.2) is 6.23 Å². The largest absolute Gasteiger partial charge is 0.438 e. The minimum atomic E-state index is -0.201. The highest BCUT2D eigenvalue weighted by Crippen LogP contribution is 2.19. The van der Waals surface area contributed by atoms with Crippen LogP contribution in [0.3, 0.4) is 0 Å². The predicted molar refractivity (Wildman–Crippen MR) is 41.7 cm³/mol. The predicted octanol–water partition coefficient (Wildman–Crippen LogP) is 1.11. The van der Waals surface area contributed by atoms with Crippen LogP contribution >= 0.6 is 0 Å². The molecule has 1 aliphatic heterocycles. The van der Waals surface area contributed by atoms with Gasteiger partial charge in [0.25, 0.3) is 0 Å². The van der Waals surface area contributed by atoms with Crippen molar-refractivity contribution in [2.45, 2.75) is 27.0 Å². The lowest BCUT2D eigenvalue weighted by Crippen LogP contribution is -2.37. The average Bonchev–Trinajstić information content (AvgIpc) is 1.97. The fourth-order valence-corrected chi connectivity index (χ4v) is 1.01. The van der Waals surface area contributed by atoms with Crippen LogP contribution in [0.5, 0.6) is 0 Å². The van der Waals surface area contributed by atoms with E-state index >= 15 is 0 Å². The van der Waals surface area contributed by atoms with Gasteiger partial charge < -0.3 is 9.64 Å². The summed E-state index contributed by atoms with van der Waals surface area (Å²) in [7, 11) is 1.91. The minimum absolute atomic E-state index is 0.133. The van der Waals surface area contributed by atoms with E-state index in [9.17, 15) is 4.79 Å². The van der Waals surface area contributed by atoms with Crippen molar-refractivity contribution in [1.29, 1.82) is 0 Å². The third-order valence-electron chi connectivity index (χ3n) is 2.20. The van der Waals surface area contributed by atoms with Gasteiger partial charge in [-0.2, -0.15) is 0 Å². The number of rotatable bonds is 0. The highest BCUT2D eigenvalue weighted by molar-refractivity contribution is 5.89. The summed E-state index contributed by atoms with van der Waals surface area (Å²) < 4.78 is 5.01. The molecule has 1 unspecified atom stereocenters. The van der Waals surface area contributed by atoms with Gasteiger partial charge in [-0.05, 0) is 20.8 Å². The number of hydrogen-bond acceptors (Lipinski definition) is 3. The van der Waals surface area contributed by atoms with Crippen molar-refractivity contribution >= 4 is 5.97 Å². The van der Waals surface area contributed by atoms with E-state index in [1.54, 1.807) is 6.92 Å². The van der Waals surface area contributed by atoms with Gasteiger partial charge in [-0.25, -0.2) is 4.79 Å². The Kier molecular flexibility index (Phi) is 1.89. The first kappa shape index (κ1) is 8.11. The van der Waals surface area contributed by atoms with E-state index in [1.807, 2.05) is 25.8 Å². The quantitative estimate of drug-likeness (QED) is 0.491. The van der Waals surface area contributed by atoms with Gasteiger partial charge >= 0.3 is 5.97 Å². The summed E-state index contributed by atoms with van der Waals surface area (Å²) in [5.74, 6) is -0.201. The lowest BCUT2D eigenvalue weighted by molar-refractivity contribution is -0.153. The molecule has 0 amide bonds. The average molecular weight is 155 g/mol. The smallest absolute Gasteiger partial charge is 0.337 e. The van der Waals surface area contributed by atoms with Crippen LogP contribution in [0.1, 0.15) is 20.8 Å². The Labute approximate surface area is 66.6 Å². The minimum Gasteiger partial charge on any atom is -0.438 e. The Morgan fingerprint density at radius 2 is 2.00 bits per heavy atom. The van der Waals surface area contributed by atoms with Gasteiger partial charge in [0.2, 0.25) is 0 Å². The maximum absolute atomic E-state index is 11.1. The van der Waals surface area contributed by atoms with Gasteiger partial charge in [0.05, 0.1) is 5.57 Å². The summed E-state index contributed by atoms with van der Waals surface area (Å²) in [5, 5.41) is 0. The van der Waals surface area contributed by atoms with Gasteiger partial charge in [-0.15, -0.1) is 0 Å². The zero-order chi connectivity index (χ0) is 8.59. The van der Waals surface area contributed by atoms with Crippen molar-refractivity contribution in [2.24, 2.45) is 0 Å². The standard InChI is InChI=1S/C8H13NO2/c1-5-6(2)9(4)7(3)11-8(5)10/h7H,1-4H3. The summed E-state index contributed by atoms with van der Waals surface area (Å²) in [6.45, 7) is 5.56. The van der Waals surface area contributed by atoms with Crippen molar-refractivity contribution in [3.05, 3.63) is 11.3 Å². The molecule has 3 nitrogen and oxygen atoms in total. The third kappa shape index (κ3) is 1.23. The number of hydrogen-bond donors (Lipinski definition) is 0. The maximum Gasteiger partial charge on any atom is 0.337 e. The van der Waals surface area contributed by atoms with Crippen LogP contribution in [0.15, 0.2) is 11.3 Å². The van der Waals surface area contributed by atoms with Crippen LogP contribution < -0.4 is 0 Å². The van der Waals surface area contributed by atoms with Crippen LogP contribution in [0.4, 0.5) is 0 Å². The molecule has 0 aromatic carbocycles. The Morgan fingerprint density at radius 3 is 2.55 bits per heavy atom. The molecule has 1 atom stereocenters. The van der Waals surface area contributed by atoms with Crippen molar-refractivity contribution in [1.82, 2.24) is 4.90 Å². The van der Waals surface area contributed by atoms with Crippen LogP contribution in [0, 0.1) is 0 Å². The number of cyclic esters (lactones) is 1. The van der Waals surface area contributed by atoms with Crippen LogP contribution in [-0.2, 0) is 9.53 Å². The molecule has 0 aromatic rings. The monoisotopic (exact) mass is 155 g/mol. The zero-order valence-electron chi connectivity index (χ0n) is 7.34. The SMILES string of the molecule is CC1=C(C)N(C)C(C)OC1=O. The van der Waals surface area contributed by atoms with E-state index in [4.69, 9.17) is 4.74 Å². The van der Waals surface area contributed by atoms with Crippen LogP contribution in [0.25, 0.3) is 0 Å².